The minimum atomic E-state index is -3.15. The number of sulfonamides is 1. The molecule has 0 aromatic carbocycles. The third-order valence-corrected chi connectivity index (χ3v) is 5.68. The van der Waals surface area contributed by atoms with E-state index in [4.69, 9.17) is 4.74 Å². The molecule has 128 valence electrons. The van der Waals surface area contributed by atoms with Crippen molar-refractivity contribution in [1.82, 2.24) is 9.29 Å². The van der Waals surface area contributed by atoms with Crippen molar-refractivity contribution < 1.29 is 17.9 Å². The first-order valence-corrected chi connectivity index (χ1v) is 9.44. The van der Waals surface area contributed by atoms with Crippen LogP contribution in [0.25, 0.3) is 0 Å². The highest BCUT2D eigenvalue weighted by molar-refractivity contribution is 7.89. The number of rotatable bonds is 5. The van der Waals surface area contributed by atoms with Crippen molar-refractivity contribution >= 4 is 21.8 Å². The Labute approximate surface area is 137 Å². The molecule has 1 aliphatic heterocycles. The molecule has 0 atom stereocenters. The second-order valence-corrected chi connectivity index (χ2v) is 7.52. The van der Waals surface area contributed by atoms with Crippen molar-refractivity contribution in [3.63, 3.8) is 0 Å². The van der Waals surface area contributed by atoms with Gasteiger partial charge in [-0.15, -0.1) is 0 Å². The van der Waals surface area contributed by atoms with Gasteiger partial charge in [0.25, 0.3) is 0 Å². The van der Waals surface area contributed by atoms with E-state index in [-0.39, 0.29) is 11.7 Å². The van der Waals surface area contributed by atoms with Gasteiger partial charge in [-0.1, -0.05) is 0 Å². The smallest absolute Gasteiger partial charge is 0.339 e. The molecule has 1 fully saturated rings. The van der Waals surface area contributed by atoms with Crippen LogP contribution in [0.2, 0.25) is 0 Å². The third-order valence-electron chi connectivity index (χ3n) is 3.80. The average Bonchev–Trinajstić information content (AvgIpc) is 2.82. The molecule has 0 spiro atoms. The third kappa shape index (κ3) is 4.42. The molecule has 0 bridgehead atoms. The topological polar surface area (TPSA) is 79.8 Å². The maximum Gasteiger partial charge on any atom is 0.339 e. The van der Waals surface area contributed by atoms with Crippen molar-refractivity contribution in [3.8, 4) is 0 Å². The highest BCUT2D eigenvalue weighted by Crippen LogP contribution is 2.16. The number of esters is 1. The van der Waals surface area contributed by atoms with Crippen molar-refractivity contribution in [3.05, 3.63) is 23.9 Å². The summed E-state index contributed by atoms with van der Waals surface area (Å²) in [5.41, 5.74) is 0.417. The molecule has 0 unspecified atom stereocenters. The Morgan fingerprint density at radius 2 is 2.00 bits per heavy atom. The van der Waals surface area contributed by atoms with Crippen LogP contribution in [-0.4, -0.2) is 62.2 Å². The van der Waals surface area contributed by atoms with Gasteiger partial charge in [-0.2, -0.15) is 0 Å². The Hall–Kier alpha value is -1.67. The van der Waals surface area contributed by atoms with E-state index in [1.807, 2.05) is 4.90 Å². The van der Waals surface area contributed by atoms with E-state index in [2.05, 4.69) is 4.98 Å². The van der Waals surface area contributed by atoms with E-state index in [1.165, 1.54) is 6.20 Å². The molecule has 0 amide bonds. The summed E-state index contributed by atoms with van der Waals surface area (Å²) in [7, 11) is -3.15. The minimum absolute atomic E-state index is 0.124. The van der Waals surface area contributed by atoms with Crippen LogP contribution in [0, 0.1) is 0 Å². The number of carbonyl (C=O) groups is 1. The predicted molar refractivity (Wildman–Crippen MR) is 88.1 cm³/mol. The molecule has 1 aromatic heterocycles. The summed E-state index contributed by atoms with van der Waals surface area (Å²) >= 11 is 0. The standard InChI is InChI=1S/C15H23N3O4S/c1-3-22-15(19)13-6-7-14(16-12-13)17-8-5-9-18(11-10-17)23(20,21)4-2/h6-7,12H,3-5,8-11H2,1-2H3. The normalized spacial score (nSPS) is 16.9. The Balaban J connectivity index is 2.04. The van der Waals surface area contributed by atoms with Gasteiger partial charge in [0.05, 0.1) is 17.9 Å². The zero-order valence-electron chi connectivity index (χ0n) is 13.6. The van der Waals surface area contributed by atoms with Crippen LogP contribution in [0.3, 0.4) is 0 Å². The van der Waals surface area contributed by atoms with Gasteiger partial charge in [0.15, 0.2) is 0 Å². The summed E-state index contributed by atoms with van der Waals surface area (Å²) in [6.45, 7) is 6.06. The lowest BCUT2D eigenvalue weighted by Gasteiger charge is -2.22. The van der Waals surface area contributed by atoms with Crippen LogP contribution in [0.15, 0.2) is 18.3 Å². The lowest BCUT2D eigenvalue weighted by molar-refractivity contribution is 0.0526. The fraction of sp³-hybridized carbons (Fsp3) is 0.600. The van der Waals surface area contributed by atoms with Crippen LogP contribution in [0.4, 0.5) is 5.82 Å². The number of ether oxygens (including phenoxy) is 1. The lowest BCUT2D eigenvalue weighted by atomic mass is 10.2. The molecule has 2 rings (SSSR count). The molecule has 8 heteroatoms. The Morgan fingerprint density at radius 3 is 2.61 bits per heavy atom. The number of anilines is 1. The second kappa shape index (κ2) is 7.74. The molecular weight excluding hydrogens is 318 g/mol. The predicted octanol–water partition coefficient (Wildman–Crippen LogP) is 1.12. The van der Waals surface area contributed by atoms with Gasteiger partial charge in [0.1, 0.15) is 5.82 Å². The van der Waals surface area contributed by atoms with Crippen LogP contribution in [0.1, 0.15) is 30.6 Å². The average molecular weight is 341 g/mol. The van der Waals surface area contributed by atoms with Crippen molar-refractivity contribution in [2.45, 2.75) is 20.3 Å². The fourth-order valence-electron chi connectivity index (χ4n) is 2.49. The first-order chi connectivity index (χ1) is 11.0. The molecule has 1 aromatic rings. The van der Waals surface area contributed by atoms with Crippen LogP contribution in [0.5, 0.6) is 0 Å². The molecule has 7 nitrogen and oxygen atoms in total. The summed E-state index contributed by atoms with van der Waals surface area (Å²) in [5, 5.41) is 0. The van der Waals surface area contributed by atoms with E-state index in [1.54, 1.807) is 30.3 Å². The van der Waals surface area contributed by atoms with E-state index >= 15 is 0 Å². The number of hydrogen-bond donors (Lipinski definition) is 0. The van der Waals surface area contributed by atoms with Crippen molar-refractivity contribution in [2.24, 2.45) is 0 Å². The number of aromatic nitrogens is 1. The van der Waals surface area contributed by atoms with Gasteiger partial charge in [-0.25, -0.2) is 22.5 Å². The molecule has 0 saturated carbocycles. The van der Waals surface area contributed by atoms with Gasteiger partial charge >= 0.3 is 5.97 Å². The minimum Gasteiger partial charge on any atom is -0.462 e. The first kappa shape index (κ1) is 17.7. The van der Waals surface area contributed by atoms with E-state index in [9.17, 15) is 13.2 Å². The Bertz CT molecular complexity index is 631. The molecule has 0 radical (unpaired) electrons. The fourth-order valence-corrected chi connectivity index (χ4v) is 3.62. The monoisotopic (exact) mass is 341 g/mol. The summed E-state index contributed by atoms with van der Waals surface area (Å²) in [5.74, 6) is 0.482. The van der Waals surface area contributed by atoms with Gasteiger partial charge in [-0.3, -0.25) is 0 Å². The van der Waals surface area contributed by atoms with Gasteiger partial charge in [0, 0.05) is 32.4 Å². The first-order valence-electron chi connectivity index (χ1n) is 7.84. The number of nitrogens with zero attached hydrogens (tertiary/aromatic N) is 3. The summed E-state index contributed by atoms with van der Waals surface area (Å²) in [6.07, 6.45) is 2.25. The van der Waals surface area contributed by atoms with Crippen LogP contribution >= 0.6 is 0 Å². The molecular formula is C15H23N3O4S. The van der Waals surface area contributed by atoms with Crippen LogP contribution < -0.4 is 4.90 Å². The van der Waals surface area contributed by atoms with Gasteiger partial charge < -0.3 is 9.64 Å². The Kier molecular flexibility index (Phi) is 5.95. The van der Waals surface area contributed by atoms with E-state index < -0.39 is 10.0 Å². The highest BCUT2D eigenvalue weighted by Gasteiger charge is 2.24. The van der Waals surface area contributed by atoms with Gasteiger partial charge in [0.2, 0.25) is 10.0 Å². The lowest BCUT2D eigenvalue weighted by Crippen LogP contribution is -2.36. The molecule has 1 saturated heterocycles. The molecule has 23 heavy (non-hydrogen) atoms. The highest BCUT2D eigenvalue weighted by atomic mass is 32.2. The molecule has 1 aliphatic rings. The Morgan fingerprint density at radius 1 is 1.22 bits per heavy atom. The number of hydrogen-bond acceptors (Lipinski definition) is 6. The van der Waals surface area contributed by atoms with E-state index in [0.29, 0.717) is 31.8 Å². The molecule has 0 aliphatic carbocycles. The molecule has 2 heterocycles. The van der Waals surface area contributed by atoms with Crippen molar-refractivity contribution in [1.29, 1.82) is 0 Å². The maximum atomic E-state index is 12.0. The summed E-state index contributed by atoms with van der Waals surface area (Å²) in [4.78, 5) is 18.0. The van der Waals surface area contributed by atoms with Crippen LogP contribution in [-0.2, 0) is 14.8 Å². The van der Waals surface area contributed by atoms with Crippen molar-refractivity contribution in [2.75, 3.05) is 43.4 Å². The quantitative estimate of drug-likeness (QED) is 0.747. The SMILES string of the molecule is CCOC(=O)c1ccc(N2CCCN(S(=O)(=O)CC)CC2)nc1. The second-order valence-electron chi connectivity index (χ2n) is 5.27. The maximum absolute atomic E-state index is 12.0. The van der Waals surface area contributed by atoms with Gasteiger partial charge in [-0.05, 0) is 32.4 Å². The zero-order valence-corrected chi connectivity index (χ0v) is 14.4. The number of pyridine rings is 1. The largest absolute Gasteiger partial charge is 0.462 e. The zero-order chi connectivity index (χ0) is 16.9. The summed E-state index contributed by atoms with van der Waals surface area (Å²) in [6, 6.07) is 3.46. The molecule has 0 N–H and O–H groups in total. The summed E-state index contributed by atoms with van der Waals surface area (Å²) < 4.78 is 30.4. The number of carbonyl (C=O) groups excluding carboxylic acids is 1. The van der Waals surface area contributed by atoms with E-state index in [0.717, 1.165) is 18.8 Å².